The summed E-state index contributed by atoms with van der Waals surface area (Å²) in [5.41, 5.74) is 16.2. The quantitative estimate of drug-likeness (QED) is 0.164. The van der Waals surface area contributed by atoms with Gasteiger partial charge in [0.1, 0.15) is 12.1 Å². The maximum absolute atomic E-state index is 12.4. The maximum atomic E-state index is 12.4. The molecule has 0 rings (SSSR count). The van der Waals surface area contributed by atoms with Crippen molar-refractivity contribution in [2.75, 3.05) is 26.2 Å². The number of nitrogens with zero attached hydrogens (tertiary/aromatic N) is 1. The standard InChI is InChI=1S/C17H33N5O6/c18-8-3-10-21-9-1-2-11-22(14(23)6-4-12(19)16(25)26)15(24)7-5-13(20)17(27)28/h12-13,21H,1-11,18-20H2,(H,25,26)(H,27,28). The second-order valence-electron chi connectivity index (χ2n) is 6.51. The molecule has 0 heterocycles. The Morgan fingerprint density at radius 2 is 1.29 bits per heavy atom. The van der Waals surface area contributed by atoms with Gasteiger partial charge in [-0.25, -0.2) is 0 Å². The third kappa shape index (κ3) is 11.6. The van der Waals surface area contributed by atoms with Crippen LogP contribution in [0.4, 0.5) is 0 Å². The first-order valence-corrected chi connectivity index (χ1v) is 9.41. The first-order chi connectivity index (χ1) is 13.2. The Morgan fingerprint density at radius 1 is 0.821 bits per heavy atom. The minimum absolute atomic E-state index is 0.0900. The molecule has 0 fully saturated rings. The van der Waals surface area contributed by atoms with E-state index in [0.717, 1.165) is 24.3 Å². The molecule has 0 bridgehead atoms. The van der Waals surface area contributed by atoms with Gasteiger partial charge in [0.05, 0.1) is 0 Å². The predicted octanol–water partition coefficient (Wildman–Crippen LogP) is -1.56. The van der Waals surface area contributed by atoms with Crippen molar-refractivity contribution < 1.29 is 29.4 Å². The van der Waals surface area contributed by atoms with Crippen LogP contribution in [0.3, 0.4) is 0 Å². The molecule has 0 aliphatic heterocycles. The van der Waals surface area contributed by atoms with E-state index in [4.69, 9.17) is 27.4 Å². The first kappa shape index (κ1) is 25.9. The zero-order valence-electron chi connectivity index (χ0n) is 16.1. The average molecular weight is 403 g/mol. The molecule has 162 valence electrons. The molecule has 0 aliphatic carbocycles. The number of unbranched alkanes of at least 4 members (excludes halogenated alkanes) is 1. The Balaban J connectivity index is 4.62. The van der Waals surface area contributed by atoms with E-state index in [1.807, 2.05) is 0 Å². The number of carboxylic acid groups (broad SMARTS) is 2. The number of carbonyl (C=O) groups is 4. The number of carbonyl (C=O) groups excluding carboxylic acids is 2. The van der Waals surface area contributed by atoms with Crippen LogP contribution in [-0.2, 0) is 19.2 Å². The Labute approximate surface area is 164 Å². The van der Waals surface area contributed by atoms with E-state index in [1.54, 1.807) is 0 Å². The van der Waals surface area contributed by atoms with Crippen LogP contribution in [-0.4, -0.2) is 77.1 Å². The van der Waals surface area contributed by atoms with Crippen LogP contribution in [0, 0.1) is 0 Å². The Bertz CT molecular complexity index is 480. The summed E-state index contributed by atoms with van der Waals surface area (Å²) in [6, 6.07) is -2.37. The van der Waals surface area contributed by atoms with E-state index >= 15 is 0 Å². The molecule has 0 aromatic heterocycles. The number of nitrogens with one attached hydrogen (secondary N) is 1. The van der Waals surface area contributed by atoms with Crippen molar-refractivity contribution in [2.45, 2.75) is 57.0 Å². The first-order valence-electron chi connectivity index (χ1n) is 9.41. The van der Waals surface area contributed by atoms with Crippen LogP contribution in [0.25, 0.3) is 0 Å². The molecule has 0 aromatic carbocycles. The summed E-state index contributed by atoms with van der Waals surface area (Å²) in [7, 11) is 0. The van der Waals surface area contributed by atoms with Gasteiger partial charge in [0, 0.05) is 19.4 Å². The fraction of sp³-hybridized carbons (Fsp3) is 0.765. The summed E-state index contributed by atoms with van der Waals surface area (Å²) in [6.45, 7) is 2.27. The molecule has 28 heavy (non-hydrogen) atoms. The topological polar surface area (TPSA) is 202 Å². The average Bonchev–Trinajstić information content (AvgIpc) is 2.65. The smallest absolute Gasteiger partial charge is 0.320 e. The molecule has 2 amide bonds. The zero-order chi connectivity index (χ0) is 21.5. The van der Waals surface area contributed by atoms with Gasteiger partial charge in [-0.05, 0) is 51.7 Å². The van der Waals surface area contributed by atoms with Crippen LogP contribution >= 0.6 is 0 Å². The largest absolute Gasteiger partial charge is 0.480 e. The summed E-state index contributed by atoms with van der Waals surface area (Å²) in [6.07, 6.45) is 1.60. The van der Waals surface area contributed by atoms with Gasteiger partial charge in [0.2, 0.25) is 11.8 Å². The number of rotatable bonds is 16. The highest BCUT2D eigenvalue weighted by Gasteiger charge is 2.24. The molecular formula is C17H33N5O6. The maximum Gasteiger partial charge on any atom is 0.320 e. The molecular weight excluding hydrogens is 370 g/mol. The summed E-state index contributed by atoms with van der Waals surface area (Å²) in [5.74, 6) is -3.49. The molecule has 0 radical (unpaired) electrons. The van der Waals surface area contributed by atoms with Crippen molar-refractivity contribution in [1.82, 2.24) is 10.2 Å². The van der Waals surface area contributed by atoms with Gasteiger partial charge >= 0.3 is 11.9 Å². The minimum Gasteiger partial charge on any atom is -0.480 e. The van der Waals surface area contributed by atoms with Crippen LogP contribution in [0.1, 0.15) is 44.9 Å². The predicted molar refractivity (Wildman–Crippen MR) is 102 cm³/mol. The van der Waals surface area contributed by atoms with Crippen LogP contribution < -0.4 is 22.5 Å². The van der Waals surface area contributed by atoms with Crippen molar-refractivity contribution in [1.29, 1.82) is 0 Å². The highest BCUT2D eigenvalue weighted by molar-refractivity contribution is 5.95. The third-order valence-electron chi connectivity index (χ3n) is 4.12. The van der Waals surface area contributed by atoms with Crippen LogP contribution in [0.2, 0.25) is 0 Å². The van der Waals surface area contributed by atoms with Crippen molar-refractivity contribution in [3.05, 3.63) is 0 Å². The van der Waals surface area contributed by atoms with Crippen molar-refractivity contribution in [2.24, 2.45) is 17.2 Å². The normalized spacial score (nSPS) is 13.0. The van der Waals surface area contributed by atoms with Gasteiger partial charge in [0.15, 0.2) is 0 Å². The number of nitrogens with two attached hydrogens (primary N) is 3. The highest BCUT2D eigenvalue weighted by atomic mass is 16.4. The third-order valence-corrected chi connectivity index (χ3v) is 4.12. The number of aliphatic carboxylic acids is 2. The zero-order valence-corrected chi connectivity index (χ0v) is 16.1. The molecule has 11 nitrogen and oxygen atoms in total. The van der Waals surface area contributed by atoms with Gasteiger partial charge in [-0.3, -0.25) is 24.1 Å². The lowest BCUT2D eigenvalue weighted by Crippen LogP contribution is -2.40. The minimum atomic E-state index is -1.22. The number of hydrogen-bond acceptors (Lipinski definition) is 8. The number of carboxylic acids is 2. The number of amides is 2. The van der Waals surface area contributed by atoms with E-state index in [0.29, 0.717) is 19.5 Å². The summed E-state index contributed by atoms with van der Waals surface area (Å²) in [5, 5.41) is 20.8. The number of hydrogen-bond donors (Lipinski definition) is 6. The molecule has 2 atom stereocenters. The number of imide groups is 1. The Kier molecular flexibility index (Phi) is 13.8. The van der Waals surface area contributed by atoms with E-state index in [2.05, 4.69) is 5.32 Å². The van der Waals surface area contributed by atoms with Crippen molar-refractivity contribution in [3.63, 3.8) is 0 Å². The lowest BCUT2D eigenvalue weighted by atomic mass is 10.1. The molecule has 0 spiro atoms. The highest BCUT2D eigenvalue weighted by Crippen LogP contribution is 2.08. The molecule has 0 aromatic rings. The fourth-order valence-corrected chi connectivity index (χ4v) is 2.34. The van der Waals surface area contributed by atoms with Crippen LogP contribution in [0.5, 0.6) is 0 Å². The van der Waals surface area contributed by atoms with E-state index in [9.17, 15) is 19.2 Å². The van der Waals surface area contributed by atoms with Crippen molar-refractivity contribution >= 4 is 23.8 Å². The monoisotopic (exact) mass is 403 g/mol. The second kappa shape index (κ2) is 14.9. The van der Waals surface area contributed by atoms with Gasteiger partial charge < -0.3 is 32.7 Å². The van der Waals surface area contributed by atoms with Gasteiger partial charge in [-0.15, -0.1) is 0 Å². The summed E-state index contributed by atoms with van der Waals surface area (Å²) in [4.78, 5) is 47.3. The summed E-state index contributed by atoms with van der Waals surface area (Å²) >= 11 is 0. The van der Waals surface area contributed by atoms with Gasteiger partial charge in [-0.1, -0.05) is 0 Å². The van der Waals surface area contributed by atoms with E-state index in [-0.39, 0.29) is 32.2 Å². The van der Waals surface area contributed by atoms with Crippen molar-refractivity contribution in [3.8, 4) is 0 Å². The van der Waals surface area contributed by atoms with Gasteiger partial charge in [0.25, 0.3) is 0 Å². The molecule has 9 N–H and O–H groups in total. The Hall–Kier alpha value is -2.08. The van der Waals surface area contributed by atoms with E-state index < -0.39 is 35.8 Å². The molecule has 2 unspecified atom stereocenters. The second-order valence-corrected chi connectivity index (χ2v) is 6.51. The molecule has 0 aliphatic rings. The van der Waals surface area contributed by atoms with Crippen LogP contribution in [0.15, 0.2) is 0 Å². The Morgan fingerprint density at radius 3 is 1.71 bits per heavy atom. The van der Waals surface area contributed by atoms with E-state index in [1.165, 1.54) is 0 Å². The fourth-order valence-electron chi connectivity index (χ4n) is 2.34. The lowest BCUT2D eigenvalue weighted by Gasteiger charge is -2.22. The molecule has 0 saturated carbocycles. The molecule has 11 heteroatoms. The molecule has 0 saturated heterocycles. The summed E-state index contributed by atoms with van der Waals surface area (Å²) < 4.78 is 0. The lowest BCUT2D eigenvalue weighted by molar-refractivity contribution is -0.145. The SMILES string of the molecule is NCCCNCCCCN(C(=O)CCC(N)C(=O)O)C(=O)CCC(N)C(=O)O. The van der Waals surface area contributed by atoms with Gasteiger partial charge in [-0.2, -0.15) is 0 Å².